The summed E-state index contributed by atoms with van der Waals surface area (Å²) < 4.78 is 17.8. The molecule has 0 aliphatic rings. The van der Waals surface area contributed by atoms with Gasteiger partial charge < -0.3 is 49.6 Å². The minimum atomic E-state index is -4.64. The van der Waals surface area contributed by atoms with Gasteiger partial charge in [0.1, 0.15) is 0 Å². The van der Waals surface area contributed by atoms with E-state index in [0.29, 0.717) is 13.1 Å². The first-order chi connectivity index (χ1) is 19.8. The van der Waals surface area contributed by atoms with E-state index < -0.39 is 15.6 Å². The Morgan fingerprint density at radius 3 is 0.857 bits per heavy atom. The van der Waals surface area contributed by atoms with Gasteiger partial charge in [-0.25, -0.2) is 9.13 Å². The molecule has 13 nitrogen and oxygen atoms in total. The summed E-state index contributed by atoms with van der Waals surface area (Å²) in [6, 6.07) is 0. The Kier molecular flexibility index (Phi) is 37.5. The van der Waals surface area contributed by atoms with Gasteiger partial charge in [-0.05, 0) is 32.5 Å². The molecule has 0 fully saturated rings. The topological polar surface area (TPSA) is 223 Å². The lowest BCUT2D eigenvalue weighted by Gasteiger charge is -2.24. The van der Waals surface area contributed by atoms with Crippen LogP contribution < -0.4 is 0 Å². The van der Waals surface area contributed by atoms with Crippen molar-refractivity contribution < 1.29 is 53.8 Å². The van der Waals surface area contributed by atoms with E-state index in [-0.39, 0.29) is 19.8 Å². The molecule has 0 heterocycles. The highest BCUT2D eigenvalue weighted by Gasteiger charge is 2.07. The van der Waals surface area contributed by atoms with Gasteiger partial charge in [-0.2, -0.15) is 0 Å². The monoisotopic (exact) mass is 654 g/mol. The average Bonchev–Trinajstić information content (AvgIpc) is 2.86. The third-order valence-electron chi connectivity index (χ3n) is 6.53. The van der Waals surface area contributed by atoms with Crippen molar-refractivity contribution >= 4 is 15.6 Å². The van der Waals surface area contributed by atoms with Crippen molar-refractivity contribution in [2.24, 2.45) is 0 Å². The molecule has 0 aromatic rings. The predicted molar refractivity (Wildman–Crippen MR) is 167 cm³/mol. The van der Waals surface area contributed by atoms with E-state index in [1.165, 1.54) is 103 Å². The molecule has 0 aromatic heterocycles. The maximum atomic E-state index is 9.33. The zero-order valence-corrected chi connectivity index (χ0v) is 27.8. The third-order valence-corrected chi connectivity index (χ3v) is 6.53. The molecule has 0 aliphatic carbocycles. The second kappa shape index (κ2) is 33.9. The number of hydrogen-bond acceptors (Lipinski definition) is 7. The number of rotatable bonds is 27. The van der Waals surface area contributed by atoms with E-state index in [2.05, 4.69) is 16.7 Å². The summed E-state index contributed by atoms with van der Waals surface area (Å²) in [7, 11) is -9.28. The third kappa shape index (κ3) is 55.9. The molecule has 0 saturated carbocycles. The maximum Gasteiger partial charge on any atom is 0.466 e. The molecule has 0 saturated heterocycles. The van der Waals surface area contributed by atoms with Crippen LogP contribution >= 0.6 is 15.6 Å². The van der Waals surface area contributed by atoms with Gasteiger partial charge in [0, 0.05) is 19.6 Å². The zero-order valence-electron chi connectivity index (χ0n) is 26.0. The Morgan fingerprint density at radius 2 is 0.595 bits per heavy atom. The van der Waals surface area contributed by atoms with Crippen LogP contribution in [0.25, 0.3) is 0 Å². The Balaban J connectivity index is -0.00000129. The molecule has 0 unspecified atom stereocenters. The Labute approximate surface area is 254 Å². The highest BCUT2D eigenvalue weighted by Crippen LogP contribution is 2.26. The van der Waals surface area contributed by atoms with Gasteiger partial charge in [0.15, 0.2) is 0 Å². The summed E-state index contributed by atoms with van der Waals surface area (Å²) in [5, 5.41) is 27.5. The molecule has 0 amide bonds. The SMILES string of the molecule is CCCCCCCCCCCCCCCCCCN(CCO)CCCN(CCO)CCO.O=P(O)(O)O.O=P(O)(O)O. The zero-order chi connectivity index (χ0) is 32.5. The fourth-order valence-electron chi connectivity index (χ4n) is 4.50. The fraction of sp³-hybridized carbons (Fsp3) is 1.00. The standard InChI is InChI=1S/C27H58N2O3.2H3O4P/c1-2-3-4-5-6-7-8-9-10-11-12-13-14-15-16-17-19-28(22-25-30)20-18-21-29(23-26-31)24-27-32;2*1-5(2,3)4/h30-32H,2-27H2,1H3;2*(H3,1,2,3,4). The molecule has 9 N–H and O–H groups in total. The molecule has 0 spiro atoms. The van der Waals surface area contributed by atoms with Crippen LogP contribution in [0.5, 0.6) is 0 Å². The van der Waals surface area contributed by atoms with Crippen LogP contribution in [0.3, 0.4) is 0 Å². The van der Waals surface area contributed by atoms with E-state index in [1.54, 1.807) is 0 Å². The summed E-state index contributed by atoms with van der Waals surface area (Å²) >= 11 is 0. The highest BCUT2D eigenvalue weighted by molar-refractivity contribution is 7.45. The fourth-order valence-corrected chi connectivity index (χ4v) is 4.50. The highest BCUT2D eigenvalue weighted by atomic mass is 31.2. The van der Waals surface area contributed by atoms with Crippen molar-refractivity contribution in [3.63, 3.8) is 0 Å². The first kappa shape index (κ1) is 46.4. The number of phosphoric acid groups is 2. The largest absolute Gasteiger partial charge is 0.466 e. The molecule has 0 rings (SSSR count). The van der Waals surface area contributed by atoms with E-state index in [0.717, 1.165) is 32.6 Å². The minimum absolute atomic E-state index is 0.138. The van der Waals surface area contributed by atoms with Crippen LogP contribution in [-0.4, -0.2) is 114 Å². The smallest absolute Gasteiger partial charge is 0.395 e. The Morgan fingerprint density at radius 1 is 0.381 bits per heavy atom. The first-order valence-corrected chi connectivity index (χ1v) is 18.7. The van der Waals surface area contributed by atoms with Gasteiger partial charge in [-0.1, -0.05) is 103 Å². The summed E-state index contributed by atoms with van der Waals surface area (Å²) in [6.07, 6.45) is 23.3. The molecule has 0 radical (unpaired) electrons. The lowest BCUT2D eigenvalue weighted by molar-refractivity contribution is 0.147. The van der Waals surface area contributed by atoms with Crippen molar-refractivity contribution in [1.82, 2.24) is 9.80 Å². The molecule has 15 heteroatoms. The van der Waals surface area contributed by atoms with Gasteiger partial charge in [0.05, 0.1) is 19.8 Å². The van der Waals surface area contributed by atoms with E-state index in [9.17, 15) is 5.11 Å². The van der Waals surface area contributed by atoms with E-state index >= 15 is 0 Å². The Hall–Kier alpha value is 0.0200. The molecular weight excluding hydrogens is 590 g/mol. The second-order valence-corrected chi connectivity index (χ2v) is 12.6. The summed E-state index contributed by atoms with van der Waals surface area (Å²) in [6.45, 7) is 7.72. The molecule has 258 valence electrons. The van der Waals surface area contributed by atoms with Crippen LogP contribution in [-0.2, 0) is 9.13 Å². The van der Waals surface area contributed by atoms with Crippen LogP contribution in [0.2, 0.25) is 0 Å². The lowest BCUT2D eigenvalue weighted by atomic mass is 10.0. The first-order valence-electron chi connectivity index (χ1n) is 15.6. The number of hydrogen-bond donors (Lipinski definition) is 9. The van der Waals surface area contributed by atoms with E-state index in [4.69, 9.17) is 48.7 Å². The van der Waals surface area contributed by atoms with Gasteiger partial charge >= 0.3 is 15.6 Å². The number of unbranched alkanes of at least 4 members (excludes halogenated alkanes) is 15. The number of nitrogens with zero attached hydrogens (tertiary/aromatic N) is 2. The van der Waals surface area contributed by atoms with Crippen molar-refractivity contribution in [2.45, 2.75) is 116 Å². The van der Waals surface area contributed by atoms with Gasteiger partial charge in [0.2, 0.25) is 0 Å². The molecular formula is C27H64N2O11P2. The van der Waals surface area contributed by atoms with Gasteiger partial charge in [-0.3, -0.25) is 4.90 Å². The minimum Gasteiger partial charge on any atom is -0.395 e. The van der Waals surface area contributed by atoms with Gasteiger partial charge in [-0.15, -0.1) is 0 Å². The van der Waals surface area contributed by atoms with Crippen molar-refractivity contribution in [3.05, 3.63) is 0 Å². The summed E-state index contributed by atoms with van der Waals surface area (Å²) in [5.41, 5.74) is 0. The maximum absolute atomic E-state index is 9.33. The molecule has 0 aliphatic heterocycles. The van der Waals surface area contributed by atoms with Crippen LogP contribution in [0.4, 0.5) is 0 Å². The van der Waals surface area contributed by atoms with Gasteiger partial charge in [0.25, 0.3) is 0 Å². The molecule has 42 heavy (non-hydrogen) atoms. The summed E-state index contributed by atoms with van der Waals surface area (Å²) in [5.74, 6) is 0. The molecule has 0 atom stereocenters. The normalized spacial score (nSPS) is 11.8. The Bertz CT molecular complexity index is 582. The number of aliphatic hydroxyl groups excluding tert-OH is 3. The lowest BCUT2D eigenvalue weighted by Crippen LogP contribution is -2.35. The quantitative estimate of drug-likeness (QED) is 0.0458. The average molecular weight is 655 g/mol. The van der Waals surface area contributed by atoms with Crippen molar-refractivity contribution in [1.29, 1.82) is 0 Å². The van der Waals surface area contributed by atoms with Crippen molar-refractivity contribution in [2.75, 3.05) is 59.1 Å². The number of aliphatic hydroxyl groups is 3. The van der Waals surface area contributed by atoms with Crippen LogP contribution in [0.15, 0.2) is 0 Å². The second-order valence-electron chi connectivity index (χ2n) is 10.5. The van der Waals surface area contributed by atoms with Crippen LogP contribution in [0.1, 0.15) is 116 Å². The predicted octanol–water partition coefficient (Wildman–Crippen LogP) is 3.36. The van der Waals surface area contributed by atoms with Crippen LogP contribution in [0, 0.1) is 0 Å². The van der Waals surface area contributed by atoms with E-state index in [1.807, 2.05) is 0 Å². The van der Waals surface area contributed by atoms with Crippen molar-refractivity contribution in [3.8, 4) is 0 Å². The molecule has 0 bridgehead atoms. The molecule has 0 aromatic carbocycles. The summed E-state index contributed by atoms with van der Waals surface area (Å²) in [4.78, 5) is 47.6.